The summed E-state index contributed by atoms with van der Waals surface area (Å²) in [6.07, 6.45) is 6.21. The van der Waals surface area contributed by atoms with E-state index in [1.54, 1.807) is 0 Å². The number of likely N-dealkylation sites (N-methyl/N-ethyl adjacent to an activating group) is 1. The van der Waals surface area contributed by atoms with Gasteiger partial charge in [0, 0.05) is 37.9 Å². The Morgan fingerprint density at radius 1 is 1.05 bits per heavy atom. The molecular weight excluding hydrogens is 260 g/mol. The fourth-order valence-electron chi connectivity index (χ4n) is 2.85. The first-order valence-electron chi connectivity index (χ1n) is 7.80. The molecule has 1 N–H and O–H groups in total. The van der Waals surface area contributed by atoms with Gasteiger partial charge in [0.1, 0.15) is 0 Å². The van der Waals surface area contributed by atoms with Crippen molar-refractivity contribution in [3.63, 3.8) is 0 Å². The molecule has 2 aromatic rings. The minimum Gasteiger partial charge on any atom is -0.304 e. The minimum absolute atomic E-state index is 1.15. The number of rotatable bonds is 5. The number of aryl methyl sites for hydroxylation is 1. The van der Waals surface area contributed by atoms with E-state index in [1.807, 2.05) is 12.4 Å². The van der Waals surface area contributed by atoms with Gasteiger partial charge in [0.2, 0.25) is 0 Å². The van der Waals surface area contributed by atoms with Gasteiger partial charge in [-0.2, -0.15) is 5.10 Å². The quantitative estimate of drug-likeness (QED) is 0.914. The molecule has 1 fully saturated rings. The molecule has 0 aliphatic carbocycles. The summed E-state index contributed by atoms with van der Waals surface area (Å²) < 4.78 is 0. The van der Waals surface area contributed by atoms with Gasteiger partial charge in [0.15, 0.2) is 0 Å². The summed E-state index contributed by atoms with van der Waals surface area (Å²) in [5.41, 5.74) is 3.81. The molecule has 4 heteroatoms. The topological polar surface area (TPSA) is 35.2 Å². The van der Waals surface area contributed by atoms with Gasteiger partial charge in [-0.05, 0) is 37.6 Å². The van der Waals surface area contributed by atoms with Crippen LogP contribution < -0.4 is 0 Å². The first kappa shape index (κ1) is 14.3. The highest BCUT2D eigenvalue weighted by Gasteiger charge is 2.12. The molecule has 1 aliphatic rings. The van der Waals surface area contributed by atoms with E-state index in [-0.39, 0.29) is 0 Å². The predicted octanol–water partition coefficient (Wildman–Crippen LogP) is 2.26. The van der Waals surface area contributed by atoms with E-state index in [9.17, 15) is 0 Å². The molecule has 0 amide bonds. The van der Waals surface area contributed by atoms with Crippen molar-refractivity contribution in [2.75, 3.05) is 39.8 Å². The molecule has 1 aliphatic heterocycles. The van der Waals surface area contributed by atoms with E-state index in [0.29, 0.717) is 0 Å². The zero-order chi connectivity index (χ0) is 14.5. The molecule has 21 heavy (non-hydrogen) atoms. The number of aromatic nitrogens is 2. The highest BCUT2D eigenvalue weighted by molar-refractivity contribution is 5.61. The fourth-order valence-corrected chi connectivity index (χ4v) is 2.85. The van der Waals surface area contributed by atoms with Crippen LogP contribution in [-0.2, 0) is 6.42 Å². The number of aromatic amines is 1. The smallest absolute Gasteiger partial charge is 0.0565 e. The first-order valence-corrected chi connectivity index (χ1v) is 7.80. The van der Waals surface area contributed by atoms with Gasteiger partial charge >= 0.3 is 0 Å². The third-order valence-corrected chi connectivity index (χ3v) is 4.32. The lowest BCUT2D eigenvalue weighted by Gasteiger charge is -2.32. The summed E-state index contributed by atoms with van der Waals surface area (Å²) in [7, 11) is 2.21. The van der Waals surface area contributed by atoms with Crippen molar-refractivity contribution in [2.45, 2.75) is 12.8 Å². The summed E-state index contributed by atoms with van der Waals surface area (Å²) in [6, 6.07) is 8.87. The van der Waals surface area contributed by atoms with Crippen LogP contribution in [0.15, 0.2) is 36.7 Å². The lowest BCUT2D eigenvalue weighted by molar-refractivity contribution is 0.153. The average Bonchev–Trinajstić information content (AvgIpc) is 3.04. The van der Waals surface area contributed by atoms with Gasteiger partial charge in [-0.1, -0.05) is 24.3 Å². The van der Waals surface area contributed by atoms with Crippen LogP contribution in [0.4, 0.5) is 0 Å². The second-order valence-corrected chi connectivity index (χ2v) is 5.93. The summed E-state index contributed by atoms with van der Waals surface area (Å²) >= 11 is 0. The van der Waals surface area contributed by atoms with Crippen molar-refractivity contribution in [3.8, 4) is 11.1 Å². The van der Waals surface area contributed by atoms with Crippen LogP contribution in [0, 0.1) is 0 Å². The Morgan fingerprint density at radius 3 is 2.48 bits per heavy atom. The first-order chi connectivity index (χ1) is 10.3. The average molecular weight is 284 g/mol. The van der Waals surface area contributed by atoms with Crippen LogP contribution in [0.3, 0.4) is 0 Å². The Kier molecular flexibility index (Phi) is 4.68. The molecule has 0 bridgehead atoms. The summed E-state index contributed by atoms with van der Waals surface area (Å²) in [6.45, 7) is 6.07. The molecular formula is C17H24N4. The SMILES string of the molecule is CN1CCN(CCCc2ccc(-c3cn[nH]c3)cc2)CC1. The van der Waals surface area contributed by atoms with Crippen LogP contribution in [-0.4, -0.2) is 59.8 Å². The van der Waals surface area contributed by atoms with Crippen LogP contribution in [0.1, 0.15) is 12.0 Å². The van der Waals surface area contributed by atoms with Gasteiger partial charge in [0.05, 0.1) is 6.20 Å². The Balaban J connectivity index is 1.45. The van der Waals surface area contributed by atoms with Crippen molar-refractivity contribution in [1.29, 1.82) is 0 Å². The molecule has 1 aromatic carbocycles. The van der Waals surface area contributed by atoms with Crippen LogP contribution >= 0.6 is 0 Å². The van der Waals surface area contributed by atoms with Gasteiger partial charge in [-0.15, -0.1) is 0 Å². The van der Waals surface area contributed by atoms with E-state index < -0.39 is 0 Å². The van der Waals surface area contributed by atoms with Crippen molar-refractivity contribution in [1.82, 2.24) is 20.0 Å². The summed E-state index contributed by atoms with van der Waals surface area (Å²) in [5, 5.41) is 6.85. The van der Waals surface area contributed by atoms with Crippen molar-refractivity contribution >= 4 is 0 Å². The Labute approximate surface area is 126 Å². The normalized spacial score (nSPS) is 17.2. The zero-order valence-electron chi connectivity index (χ0n) is 12.8. The lowest BCUT2D eigenvalue weighted by Crippen LogP contribution is -2.44. The molecule has 2 heterocycles. The molecule has 1 aromatic heterocycles. The molecule has 112 valence electrons. The van der Waals surface area contributed by atoms with Crippen LogP contribution in [0.25, 0.3) is 11.1 Å². The number of H-pyrrole nitrogens is 1. The Morgan fingerprint density at radius 2 is 1.81 bits per heavy atom. The van der Waals surface area contributed by atoms with E-state index in [1.165, 1.54) is 50.3 Å². The maximum atomic E-state index is 3.99. The largest absolute Gasteiger partial charge is 0.304 e. The van der Waals surface area contributed by atoms with Gasteiger partial charge in [-0.25, -0.2) is 0 Å². The van der Waals surface area contributed by atoms with Crippen molar-refractivity contribution in [2.24, 2.45) is 0 Å². The maximum Gasteiger partial charge on any atom is 0.0565 e. The van der Waals surface area contributed by atoms with Gasteiger partial charge < -0.3 is 9.80 Å². The molecule has 3 rings (SSSR count). The Bertz CT molecular complexity index is 524. The monoisotopic (exact) mass is 284 g/mol. The lowest BCUT2D eigenvalue weighted by atomic mass is 10.0. The van der Waals surface area contributed by atoms with E-state index in [2.05, 4.69) is 51.3 Å². The second-order valence-electron chi connectivity index (χ2n) is 5.93. The van der Waals surface area contributed by atoms with Gasteiger partial charge in [-0.3, -0.25) is 5.10 Å². The third kappa shape index (κ3) is 3.93. The molecule has 0 saturated carbocycles. The number of hydrogen-bond acceptors (Lipinski definition) is 3. The number of nitrogens with one attached hydrogen (secondary N) is 1. The summed E-state index contributed by atoms with van der Waals surface area (Å²) in [5.74, 6) is 0. The predicted molar refractivity (Wildman–Crippen MR) is 86.3 cm³/mol. The Hall–Kier alpha value is -1.65. The number of piperazine rings is 1. The van der Waals surface area contributed by atoms with Crippen LogP contribution in [0.2, 0.25) is 0 Å². The molecule has 1 saturated heterocycles. The highest BCUT2D eigenvalue weighted by Crippen LogP contribution is 2.18. The molecule has 0 unspecified atom stereocenters. The zero-order valence-corrected chi connectivity index (χ0v) is 12.8. The minimum atomic E-state index is 1.15. The standard InChI is InChI=1S/C17H24N4/c1-20-9-11-21(12-10-20)8-2-3-15-4-6-16(7-5-15)17-13-18-19-14-17/h4-7,13-14H,2-3,8-12H2,1H3,(H,18,19). The molecule has 0 spiro atoms. The number of nitrogens with zero attached hydrogens (tertiary/aromatic N) is 3. The number of hydrogen-bond donors (Lipinski definition) is 1. The van der Waals surface area contributed by atoms with Crippen LogP contribution in [0.5, 0.6) is 0 Å². The number of benzene rings is 1. The third-order valence-electron chi connectivity index (χ3n) is 4.32. The molecule has 4 nitrogen and oxygen atoms in total. The maximum absolute atomic E-state index is 3.99. The van der Waals surface area contributed by atoms with E-state index in [4.69, 9.17) is 0 Å². The molecule has 0 radical (unpaired) electrons. The molecule has 0 atom stereocenters. The van der Waals surface area contributed by atoms with Gasteiger partial charge in [0.25, 0.3) is 0 Å². The highest BCUT2D eigenvalue weighted by atomic mass is 15.2. The van der Waals surface area contributed by atoms with E-state index >= 15 is 0 Å². The second kappa shape index (κ2) is 6.87. The van der Waals surface area contributed by atoms with E-state index in [0.717, 1.165) is 12.0 Å². The van der Waals surface area contributed by atoms with Crippen molar-refractivity contribution < 1.29 is 0 Å². The van der Waals surface area contributed by atoms with Crippen molar-refractivity contribution in [3.05, 3.63) is 42.2 Å². The fraction of sp³-hybridized carbons (Fsp3) is 0.471. The summed E-state index contributed by atoms with van der Waals surface area (Å²) in [4.78, 5) is 4.99.